The minimum Gasteiger partial charge on any atom is -0.207 e. The van der Waals surface area contributed by atoms with Gasteiger partial charge < -0.3 is 0 Å². The molecule has 0 amide bonds. The topological polar surface area (TPSA) is 0 Å². The van der Waals surface area contributed by atoms with Gasteiger partial charge in [0, 0.05) is 9.58 Å². The third kappa shape index (κ3) is 2.46. The second-order valence-corrected chi connectivity index (χ2v) is 6.61. The highest BCUT2D eigenvalue weighted by Crippen LogP contribution is 2.38. The molecule has 0 bridgehead atoms. The van der Waals surface area contributed by atoms with Crippen LogP contribution in [0.5, 0.6) is 0 Å². The first-order valence-electron chi connectivity index (χ1n) is 6.45. The molecule has 3 heteroatoms. The van der Waals surface area contributed by atoms with Crippen molar-refractivity contribution in [2.45, 2.75) is 19.2 Å². The first-order valence-corrected chi connectivity index (χ1v) is 7.70. The van der Waals surface area contributed by atoms with Crippen LogP contribution in [0.3, 0.4) is 0 Å². The average Bonchev–Trinajstić information content (AvgIpc) is 2.83. The molecule has 0 N–H and O–H groups in total. The van der Waals surface area contributed by atoms with Gasteiger partial charge in [0.2, 0.25) is 0 Å². The van der Waals surface area contributed by atoms with Gasteiger partial charge in [-0.25, -0.2) is 4.39 Å². The van der Waals surface area contributed by atoms with Crippen molar-refractivity contribution in [3.8, 4) is 0 Å². The Hall–Kier alpha value is -1.38. The Kier molecular flexibility index (Phi) is 3.53. The molecule has 1 aromatic heterocycles. The summed E-state index contributed by atoms with van der Waals surface area (Å²) in [5, 5.41) is 0.859. The summed E-state index contributed by atoms with van der Waals surface area (Å²) in [6, 6.07) is 13.2. The summed E-state index contributed by atoms with van der Waals surface area (Å²) in [6.07, 6.45) is 0. The molecule has 1 unspecified atom stereocenters. The summed E-state index contributed by atoms with van der Waals surface area (Å²) in [6.45, 7) is 4.13. The van der Waals surface area contributed by atoms with E-state index in [1.54, 1.807) is 23.5 Å². The fourth-order valence-electron chi connectivity index (χ4n) is 2.34. The van der Waals surface area contributed by atoms with Crippen molar-refractivity contribution in [1.82, 2.24) is 0 Å². The number of thiophene rings is 1. The van der Waals surface area contributed by atoms with Crippen LogP contribution in [-0.4, -0.2) is 0 Å². The Morgan fingerprint density at radius 3 is 2.65 bits per heavy atom. The fourth-order valence-corrected chi connectivity index (χ4v) is 3.85. The van der Waals surface area contributed by atoms with Crippen molar-refractivity contribution < 1.29 is 4.39 Å². The normalized spacial score (nSPS) is 12.8. The molecule has 20 heavy (non-hydrogen) atoms. The molecule has 0 aliphatic rings. The quantitative estimate of drug-likeness (QED) is 0.510. The van der Waals surface area contributed by atoms with Gasteiger partial charge in [0.1, 0.15) is 5.82 Å². The Morgan fingerprint density at radius 2 is 1.85 bits per heavy atom. The molecule has 0 aliphatic carbocycles. The summed E-state index contributed by atoms with van der Waals surface area (Å²) in [7, 11) is 0. The van der Waals surface area contributed by atoms with Crippen LogP contribution in [0, 0.1) is 19.7 Å². The van der Waals surface area contributed by atoms with Crippen LogP contribution in [0.25, 0.3) is 10.1 Å². The first-order chi connectivity index (χ1) is 9.54. The van der Waals surface area contributed by atoms with Gasteiger partial charge in [-0.05, 0) is 48.6 Å². The molecule has 0 fully saturated rings. The molecule has 3 rings (SSSR count). The van der Waals surface area contributed by atoms with Crippen LogP contribution >= 0.6 is 22.9 Å². The van der Waals surface area contributed by atoms with Gasteiger partial charge in [0.15, 0.2) is 0 Å². The van der Waals surface area contributed by atoms with Crippen molar-refractivity contribution in [2.24, 2.45) is 0 Å². The van der Waals surface area contributed by atoms with Crippen LogP contribution in [-0.2, 0) is 0 Å². The standard InChI is InChI=1S/C17H14ClFS/c1-10-3-4-11(2)14(7-10)17(18)16-8-12-5-6-13(19)9-15(12)20-16/h3-9,17H,1-2H3. The Labute approximate surface area is 126 Å². The minimum atomic E-state index is -0.205. The number of fused-ring (bicyclic) bond motifs is 1. The van der Waals surface area contributed by atoms with Gasteiger partial charge in [0.25, 0.3) is 0 Å². The minimum absolute atomic E-state index is 0.185. The fraction of sp³-hybridized carbons (Fsp3) is 0.176. The lowest BCUT2D eigenvalue weighted by Gasteiger charge is -2.12. The third-order valence-corrected chi connectivity index (χ3v) is 5.22. The van der Waals surface area contributed by atoms with Crippen LogP contribution in [0.15, 0.2) is 42.5 Å². The lowest BCUT2D eigenvalue weighted by atomic mass is 10.0. The largest absolute Gasteiger partial charge is 0.207 e. The number of hydrogen-bond acceptors (Lipinski definition) is 1. The van der Waals surface area contributed by atoms with Gasteiger partial charge in [0.05, 0.1) is 5.38 Å². The second-order valence-electron chi connectivity index (χ2n) is 5.05. The van der Waals surface area contributed by atoms with Crippen LogP contribution < -0.4 is 0 Å². The number of benzene rings is 2. The summed E-state index contributed by atoms with van der Waals surface area (Å²) < 4.78 is 14.2. The van der Waals surface area contributed by atoms with E-state index in [2.05, 4.69) is 38.1 Å². The molecule has 0 spiro atoms. The highest BCUT2D eigenvalue weighted by Gasteiger charge is 2.16. The first kappa shape index (κ1) is 13.6. The highest BCUT2D eigenvalue weighted by molar-refractivity contribution is 7.19. The average molecular weight is 305 g/mol. The van der Waals surface area contributed by atoms with E-state index in [1.807, 2.05) is 0 Å². The predicted octanol–water partition coefficient (Wildman–Crippen LogP) is 5.99. The van der Waals surface area contributed by atoms with Gasteiger partial charge >= 0.3 is 0 Å². The van der Waals surface area contributed by atoms with E-state index >= 15 is 0 Å². The van der Waals surface area contributed by atoms with E-state index in [4.69, 9.17) is 11.6 Å². The zero-order valence-electron chi connectivity index (χ0n) is 11.3. The molecule has 1 heterocycles. The zero-order chi connectivity index (χ0) is 14.3. The molecule has 0 nitrogen and oxygen atoms in total. The number of alkyl halides is 1. The SMILES string of the molecule is Cc1ccc(C)c(C(Cl)c2cc3ccc(F)cc3s2)c1. The van der Waals surface area contributed by atoms with Crippen LogP contribution in [0.2, 0.25) is 0 Å². The Morgan fingerprint density at radius 1 is 1.05 bits per heavy atom. The lowest BCUT2D eigenvalue weighted by Crippen LogP contribution is -1.94. The van der Waals surface area contributed by atoms with E-state index in [-0.39, 0.29) is 11.2 Å². The maximum absolute atomic E-state index is 13.3. The van der Waals surface area contributed by atoms with E-state index in [9.17, 15) is 4.39 Å². The van der Waals surface area contributed by atoms with Gasteiger partial charge in [-0.3, -0.25) is 0 Å². The van der Waals surface area contributed by atoms with Gasteiger partial charge in [-0.1, -0.05) is 29.8 Å². The maximum Gasteiger partial charge on any atom is 0.124 e. The predicted molar refractivity (Wildman–Crippen MR) is 85.4 cm³/mol. The molecule has 1 atom stereocenters. The smallest absolute Gasteiger partial charge is 0.124 e. The molecule has 0 aliphatic heterocycles. The second kappa shape index (κ2) is 5.19. The van der Waals surface area contributed by atoms with Crippen LogP contribution in [0.4, 0.5) is 4.39 Å². The highest BCUT2D eigenvalue weighted by atomic mass is 35.5. The lowest BCUT2D eigenvalue weighted by molar-refractivity contribution is 0.630. The summed E-state index contributed by atoms with van der Waals surface area (Å²) >= 11 is 8.19. The molecule has 0 saturated heterocycles. The van der Waals surface area contributed by atoms with Crippen molar-refractivity contribution >= 4 is 33.0 Å². The van der Waals surface area contributed by atoms with Gasteiger partial charge in [-0.15, -0.1) is 22.9 Å². The Balaban J connectivity index is 2.07. The molecular weight excluding hydrogens is 291 g/mol. The third-order valence-electron chi connectivity index (χ3n) is 3.46. The summed E-state index contributed by atoms with van der Waals surface area (Å²) in [4.78, 5) is 1.06. The molecular formula is C17H14ClFS. The van der Waals surface area contributed by atoms with Crippen LogP contribution in [0.1, 0.15) is 26.9 Å². The van der Waals surface area contributed by atoms with E-state index < -0.39 is 0 Å². The van der Waals surface area contributed by atoms with E-state index in [0.717, 1.165) is 20.5 Å². The molecule has 2 aromatic carbocycles. The zero-order valence-corrected chi connectivity index (χ0v) is 12.9. The van der Waals surface area contributed by atoms with Crippen molar-refractivity contribution in [2.75, 3.05) is 0 Å². The van der Waals surface area contributed by atoms with Crippen molar-refractivity contribution in [3.05, 3.63) is 69.8 Å². The number of hydrogen-bond donors (Lipinski definition) is 0. The van der Waals surface area contributed by atoms with Crippen molar-refractivity contribution in [3.63, 3.8) is 0 Å². The number of halogens is 2. The molecule has 0 radical (unpaired) electrons. The summed E-state index contributed by atoms with van der Waals surface area (Å²) in [5.41, 5.74) is 3.50. The Bertz CT molecular complexity index is 776. The molecule has 3 aromatic rings. The molecule has 0 saturated carbocycles. The summed E-state index contributed by atoms with van der Waals surface area (Å²) in [5.74, 6) is -0.205. The number of aryl methyl sites for hydroxylation is 2. The van der Waals surface area contributed by atoms with Crippen molar-refractivity contribution in [1.29, 1.82) is 0 Å². The number of rotatable bonds is 2. The van der Waals surface area contributed by atoms with E-state index in [0.29, 0.717) is 0 Å². The van der Waals surface area contributed by atoms with E-state index in [1.165, 1.54) is 17.2 Å². The monoisotopic (exact) mass is 304 g/mol. The molecule has 102 valence electrons. The van der Waals surface area contributed by atoms with Gasteiger partial charge in [-0.2, -0.15) is 0 Å². The maximum atomic E-state index is 13.3.